The molecular formula is C68H123O11P. The molecule has 80 heavy (non-hydrogen) atoms. The summed E-state index contributed by atoms with van der Waals surface area (Å²) in [5.41, 5.74) is 0. The molecule has 0 saturated carbocycles. The molecule has 12 heteroatoms. The van der Waals surface area contributed by atoms with E-state index in [0.717, 1.165) is 96.3 Å². The number of aliphatic hydroxyl groups excluding tert-OH is 1. The molecule has 11 nitrogen and oxygen atoms in total. The van der Waals surface area contributed by atoms with E-state index >= 15 is 0 Å². The number of carbonyl (C=O) groups excluding carboxylic acids is 3. The van der Waals surface area contributed by atoms with Crippen molar-refractivity contribution in [2.45, 2.75) is 328 Å². The van der Waals surface area contributed by atoms with Gasteiger partial charge in [-0.1, -0.05) is 248 Å². The minimum Gasteiger partial charge on any atom is -0.462 e. The monoisotopic (exact) mass is 1150 g/mol. The smallest absolute Gasteiger partial charge is 0.462 e. The number of esters is 3. The van der Waals surface area contributed by atoms with Gasteiger partial charge in [-0.3, -0.25) is 23.4 Å². The zero-order valence-electron chi connectivity index (χ0n) is 51.8. The molecule has 0 aliphatic rings. The van der Waals surface area contributed by atoms with Crippen molar-refractivity contribution in [2.75, 3.05) is 26.4 Å². The van der Waals surface area contributed by atoms with Gasteiger partial charge in [0, 0.05) is 19.3 Å². The first kappa shape index (κ1) is 77.2. The van der Waals surface area contributed by atoms with E-state index in [4.69, 9.17) is 23.3 Å². The van der Waals surface area contributed by atoms with Crippen molar-refractivity contribution in [3.8, 4) is 0 Å². The van der Waals surface area contributed by atoms with Gasteiger partial charge in [0.1, 0.15) is 12.7 Å². The number of aliphatic hydroxyl groups is 1. The van der Waals surface area contributed by atoms with Crippen LogP contribution in [0.25, 0.3) is 0 Å². The van der Waals surface area contributed by atoms with E-state index in [9.17, 15) is 28.9 Å². The Kier molecular flexibility index (Phi) is 60.0. The number of ether oxygens (including phenoxy) is 3. The maximum Gasteiger partial charge on any atom is 0.472 e. The Hall–Kier alpha value is -2.82. The summed E-state index contributed by atoms with van der Waals surface area (Å²) in [7, 11) is -4.76. The number of unbranched alkanes of at least 4 members (excludes halogenated alkanes) is 35. The van der Waals surface area contributed by atoms with Crippen LogP contribution in [0, 0.1) is 0 Å². The SMILES string of the molecule is CCCCC/C=C\C/C=C\CCCCCCCCCCCC(=O)OCC(COP(=O)(O)OCC(CO)OC(=O)CCCCCCCCC/C=C\CCCCCCCC)OC(=O)CCCCCCCCC/C=C\C/C=C\CCCCC. The number of carbonyl (C=O) groups is 3. The highest BCUT2D eigenvalue weighted by Crippen LogP contribution is 2.43. The molecular weight excluding hydrogens is 1020 g/mol. The lowest BCUT2D eigenvalue weighted by atomic mass is 10.1. The normalized spacial score (nSPS) is 13.6. The Labute approximate surface area is 491 Å². The molecule has 3 atom stereocenters. The van der Waals surface area contributed by atoms with E-state index in [0.29, 0.717) is 19.3 Å². The third-order valence-electron chi connectivity index (χ3n) is 14.4. The first-order chi connectivity index (χ1) is 39.2. The predicted octanol–water partition coefficient (Wildman–Crippen LogP) is 20.3. The Bertz CT molecular complexity index is 1570. The summed E-state index contributed by atoms with van der Waals surface area (Å²) in [6.45, 7) is 4.63. The van der Waals surface area contributed by atoms with Crippen molar-refractivity contribution in [1.29, 1.82) is 0 Å². The topological polar surface area (TPSA) is 155 Å². The van der Waals surface area contributed by atoms with Crippen LogP contribution in [0.1, 0.15) is 316 Å². The molecule has 0 aliphatic heterocycles. The Morgan fingerprint density at radius 1 is 0.350 bits per heavy atom. The predicted molar refractivity (Wildman–Crippen MR) is 335 cm³/mol. The van der Waals surface area contributed by atoms with Crippen LogP contribution in [0.5, 0.6) is 0 Å². The van der Waals surface area contributed by atoms with Gasteiger partial charge >= 0.3 is 25.7 Å². The summed E-state index contributed by atoms with van der Waals surface area (Å²) in [5.74, 6) is -1.47. The summed E-state index contributed by atoms with van der Waals surface area (Å²) in [5, 5.41) is 9.86. The maximum absolute atomic E-state index is 13.0. The van der Waals surface area contributed by atoms with Crippen LogP contribution in [0.15, 0.2) is 60.8 Å². The van der Waals surface area contributed by atoms with E-state index in [1.165, 1.54) is 161 Å². The second-order valence-corrected chi connectivity index (χ2v) is 23.7. The first-order valence-electron chi connectivity index (χ1n) is 33.2. The molecule has 0 fully saturated rings. The van der Waals surface area contributed by atoms with Crippen molar-refractivity contribution in [3.05, 3.63) is 60.8 Å². The van der Waals surface area contributed by atoms with Crippen LogP contribution in [0.4, 0.5) is 0 Å². The van der Waals surface area contributed by atoms with Gasteiger partial charge in [-0.25, -0.2) is 4.57 Å². The van der Waals surface area contributed by atoms with E-state index in [-0.39, 0.29) is 25.9 Å². The largest absolute Gasteiger partial charge is 0.472 e. The van der Waals surface area contributed by atoms with Gasteiger partial charge in [0.05, 0.1) is 19.8 Å². The molecule has 0 aliphatic carbocycles. The second kappa shape index (κ2) is 62.2. The molecule has 0 aromatic carbocycles. The lowest BCUT2D eigenvalue weighted by Crippen LogP contribution is -2.30. The number of rotatable bonds is 62. The molecule has 0 spiro atoms. The summed E-state index contributed by atoms with van der Waals surface area (Å²) < 4.78 is 39.7. The highest BCUT2D eigenvalue weighted by Gasteiger charge is 2.28. The number of hydrogen-bond donors (Lipinski definition) is 2. The molecule has 0 radical (unpaired) electrons. The van der Waals surface area contributed by atoms with Gasteiger partial charge in [0.25, 0.3) is 0 Å². The van der Waals surface area contributed by atoms with Crippen LogP contribution in [0.2, 0.25) is 0 Å². The van der Waals surface area contributed by atoms with Crippen LogP contribution >= 0.6 is 7.82 Å². The lowest BCUT2D eigenvalue weighted by molar-refractivity contribution is -0.161. The van der Waals surface area contributed by atoms with Crippen molar-refractivity contribution < 1.29 is 52.2 Å². The zero-order chi connectivity index (χ0) is 58.3. The highest BCUT2D eigenvalue weighted by atomic mass is 31.2. The molecule has 466 valence electrons. The van der Waals surface area contributed by atoms with Crippen LogP contribution in [-0.4, -0.2) is 66.5 Å². The molecule has 3 unspecified atom stereocenters. The third kappa shape index (κ3) is 59.8. The minimum absolute atomic E-state index is 0.158. The summed E-state index contributed by atoms with van der Waals surface area (Å²) in [6.07, 6.45) is 70.2. The lowest BCUT2D eigenvalue weighted by Gasteiger charge is -2.21. The molecule has 2 N–H and O–H groups in total. The number of phosphoric acid groups is 1. The van der Waals surface area contributed by atoms with Crippen LogP contribution in [0.3, 0.4) is 0 Å². The summed E-state index contributed by atoms with van der Waals surface area (Å²) in [4.78, 5) is 48.8. The maximum atomic E-state index is 13.0. The van der Waals surface area contributed by atoms with Gasteiger partial charge in [-0.15, -0.1) is 0 Å². The van der Waals surface area contributed by atoms with Gasteiger partial charge in [-0.05, 0) is 109 Å². The molecule has 0 aromatic rings. The van der Waals surface area contributed by atoms with Gasteiger partial charge < -0.3 is 24.2 Å². The Morgan fingerprint density at radius 2 is 0.613 bits per heavy atom. The van der Waals surface area contributed by atoms with Crippen LogP contribution in [-0.2, 0) is 42.2 Å². The number of phosphoric ester groups is 1. The van der Waals surface area contributed by atoms with Gasteiger partial charge in [0.2, 0.25) is 0 Å². The Morgan fingerprint density at radius 3 is 0.963 bits per heavy atom. The van der Waals surface area contributed by atoms with E-state index in [1.54, 1.807) is 0 Å². The molecule has 0 amide bonds. The number of allylic oxidation sites excluding steroid dienone is 10. The average molecular weight is 1150 g/mol. The molecule has 0 aromatic heterocycles. The quantitative estimate of drug-likeness (QED) is 0.0197. The molecule has 0 heterocycles. The fourth-order valence-electron chi connectivity index (χ4n) is 9.30. The highest BCUT2D eigenvalue weighted by molar-refractivity contribution is 7.47. The van der Waals surface area contributed by atoms with E-state index in [1.807, 2.05) is 0 Å². The first-order valence-corrected chi connectivity index (χ1v) is 34.7. The molecule has 0 saturated heterocycles. The van der Waals surface area contributed by atoms with Crippen molar-refractivity contribution in [2.24, 2.45) is 0 Å². The van der Waals surface area contributed by atoms with Crippen molar-refractivity contribution in [3.63, 3.8) is 0 Å². The third-order valence-corrected chi connectivity index (χ3v) is 15.3. The summed E-state index contributed by atoms with van der Waals surface area (Å²) in [6, 6.07) is 0. The number of hydrogen-bond acceptors (Lipinski definition) is 10. The standard InChI is InChI=1S/C68H123O11P/c1-4-7-10-13-16-19-22-25-28-31-32-35-36-39-42-45-48-51-54-57-66(70)75-61-65(79-68(72)59-56-53-50-47-44-41-38-34-30-27-24-21-18-15-12-9-6-3)63-77-80(73,74)76-62-64(60-69)78-67(71)58-55-52-49-46-43-40-37-33-29-26-23-20-17-14-11-8-5-2/h16,18-19,21,25-30,64-65,69H,4-15,17,20,22-24,31-63H2,1-3H3,(H,73,74)/b19-16-,21-18-,28-25-,29-26-,30-27-. The zero-order valence-corrected chi connectivity index (χ0v) is 52.7. The van der Waals surface area contributed by atoms with Gasteiger partial charge in [0.15, 0.2) is 6.10 Å². The van der Waals surface area contributed by atoms with Gasteiger partial charge in [-0.2, -0.15) is 0 Å². The fourth-order valence-corrected chi connectivity index (χ4v) is 10.1. The van der Waals surface area contributed by atoms with E-state index < -0.39 is 57.8 Å². The van der Waals surface area contributed by atoms with E-state index in [2.05, 4.69) is 81.5 Å². The van der Waals surface area contributed by atoms with Crippen molar-refractivity contribution in [1.82, 2.24) is 0 Å². The molecule has 0 bridgehead atoms. The molecule has 0 rings (SSSR count). The minimum atomic E-state index is -4.76. The average Bonchev–Trinajstić information content (AvgIpc) is 3.45. The van der Waals surface area contributed by atoms with Crippen LogP contribution < -0.4 is 0 Å². The Balaban J connectivity index is 4.69. The summed E-state index contributed by atoms with van der Waals surface area (Å²) >= 11 is 0. The van der Waals surface area contributed by atoms with Crippen molar-refractivity contribution >= 4 is 25.7 Å². The fraction of sp³-hybridized carbons (Fsp3) is 0.809. The second-order valence-electron chi connectivity index (χ2n) is 22.3.